The molecule has 0 heterocycles. The van der Waals surface area contributed by atoms with Crippen LogP contribution in [-0.2, 0) is 16.0 Å². The van der Waals surface area contributed by atoms with Gasteiger partial charge in [0.15, 0.2) is 0 Å². The highest BCUT2D eigenvalue weighted by atomic mass is 16.6. The van der Waals surface area contributed by atoms with Crippen molar-refractivity contribution in [1.29, 1.82) is 0 Å². The van der Waals surface area contributed by atoms with E-state index in [2.05, 4.69) is 5.32 Å². The van der Waals surface area contributed by atoms with Gasteiger partial charge in [0.25, 0.3) is 0 Å². The number of alkyl carbamates (subject to hydrolysis) is 1. The van der Waals surface area contributed by atoms with Crippen molar-refractivity contribution in [3.8, 4) is 5.75 Å². The van der Waals surface area contributed by atoms with Crippen LogP contribution >= 0.6 is 0 Å². The largest absolute Gasteiger partial charge is 0.497 e. The molecule has 0 aromatic heterocycles. The Balaban J connectivity index is 2.07. The Morgan fingerprint density at radius 1 is 1.00 bits per heavy atom. The molecule has 0 spiro atoms. The number of rotatable bonds is 8. The van der Waals surface area contributed by atoms with Gasteiger partial charge in [-0.3, -0.25) is 4.79 Å². The molecular weight excluding hydrogens is 366 g/mol. The highest BCUT2D eigenvalue weighted by Crippen LogP contribution is 2.25. The van der Waals surface area contributed by atoms with E-state index in [0.717, 1.165) is 16.9 Å². The first-order valence-electron chi connectivity index (χ1n) is 9.89. The van der Waals surface area contributed by atoms with Gasteiger partial charge in [-0.15, -0.1) is 0 Å². The predicted octanol–water partition coefficient (Wildman–Crippen LogP) is 5.10. The average Bonchev–Trinajstić information content (AvgIpc) is 2.69. The minimum atomic E-state index is -0.604. The van der Waals surface area contributed by atoms with E-state index in [1.165, 1.54) is 0 Å². The van der Waals surface area contributed by atoms with Crippen LogP contribution in [0.2, 0.25) is 0 Å². The van der Waals surface area contributed by atoms with E-state index in [-0.39, 0.29) is 11.7 Å². The fourth-order valence-electron chi connectivity index (χ4n) is 3.07. The fourth-order valence-corrected chi connectivity index (χ4v) is 3.07. The van der Waals surface area contributed by atoms with E-state index < -0.39 is 17.7 Å². The van der Waals surface area contributed by atoms with Crippen LogP contribution in [0.1, 0.15) is 51.3 Å². The molecule has 2 rings (SSSR count). The molecule has 5 heteroatoms. The normalized spacial score (nSPS) is 13.3. The molecule has 156 valence electrons. The van der Waals surface area contributed by atoms with Gasteiger partial charge in [-0.1, -0.05) is 49.4 Å². The standard InChI is InChI=1S/C24H31NO4/c1-17(21(26)16-13-18-11-14-20(28-5)15-12-18)22(19-9-7-6-8-10-19)25-23(27)29-24(2,3)4/h6-12,14-15,17,22H,13,16H2,1-5H3,(H,25,27)/t17-,22+/m0/s1. The molecule has 1 amide bonds. The number of carbonyl (C=O) groups is 2. The van der Waals surface area contributed by atoms with Gasteiger partial charge in [0, 0.05) is 12.3 Å². The number of nitrogens with one attached hydrogen (secondary N) is 1. The van der Waals surface area contributed by atoms with Crippen molar-refractivity contribution < 1.29 is 19.1 Å². The van der Waals surface area contributed by atoms with Gasteiger partial charge in [0.1, 0.15) is 17.1 Å². The van der Waals surface area contributed by atoms with Crippen molar-refractivity contribution in [2.24, 2.45) is 5.92 Å². The predicted molar refractivity (Wildman–Crippen MR) is 114 cm³/mol. The molecular formula is C24H31NO4. The minimum absolute atomic E-state index is 0.0886. The van der Waals surface area contributed by atoms with E-state index in [1.807, 2.05) is 82.3 Å². The second kappa shape index (κ2) is 10.1. The molecule has 0 aliphatic carbocycles. The lowest BCUT2D eigenvalue weighted by atomic mass is 9.88. The highest BCUT2D eigenvalue weighted by Gasteiger charge is 2.28. The summed E-state index contributed by atoms with van der Waals surface area (Å²) in [5.41, 5.74) is 1.35. The van der Waals surface area contributed by atoms with E-state index in [0.29, 0.717) is 12.8 Å². The fraction of sp³-hybridized carbons (Fsp3) is 0.417. The van der Waals surface area contributed by atoms with Crippen molar-refractivity contribution in [3.63, 3.8) is 0 Å². The van der Waals surface area contributed by atoms with Gasteiger partial charge in [-0.05, 0) is 50.5 Å². The first-order valence-corrected chi connectivity index (χ1v) is 9.89. The molecule has 0 fully saturated rings. The summed E-state index contributed by atoms with van der Waals surface area (Å²) in [4.78, 5) is 25.3. The molecule has 2 atom stereocenters. The summed E-state index contributed by atoms with van der Waals surface area (Å²) >= 11 is 0. The molecule has 0 unspecified atom stereocenters. The van der Waals surface area contributed by atoms with Crippen molar-refractivity contribution >= 4 is 11.9 Å². The third-order valence-corrected chi connectivity index (χ3v) is 4.66. The zero-order valence-electron chi connectivity index (χ0n) is 17.9. The lowest BCUT2D eigenvalue weighted by Gasteiger charge is -2.27. The zero-order valence-corrected chi connectivity index (χ0v) is 17.9. The first kappa shape index (κ1) is 22.5. The van der Waals surface area contributed by atoms with Crippen LogP contribution in [0.3, 0.4) is 0 Å². The van der Waals surface area contributed by atoms with E-state index in [9.17, 15) is 9.59 Å². The molecule has 1 N–H and O–H groups in total. The molecule has 0 saturated heterocycles. The number of ketones is 1. The zero-order chi connectivity index (χ0) is 21.4. The Kier molecular flexibility index (Phi) is 7.82. The van der Waals surface area contributed by atoms with Crippen LogP contribution in [0.5, 0.6) is 5.75 Å². The molecule has 0 aliphatic rings. The van der Waals surface area contributed by atoms with Crippen molar-refractivity contribution in [2.45, 2.75) is 52.2 Å². The third kappa shape index (κ3) is 7.26. The number of benzene rings is 2. The number of hydrogen-bond acceptors (Lipinski definition) is 4. The van der Waals surface area contributed by atoms with Crippen LogP contribution in [0.25, 0.3) is 0 Å². The second-order valence-corrected chi connectivity index (χ2v) is 8.14. The molecule has 0 radical (unpaired) electrons. The van der Waals surface area contributed by atoms with Crippen LogP contribution in [-0.4, -0.2) is 24.6 Å². The number of aryl methyl sites for hydroxylation is 1. The van der Waals surface area contributed by atoms with Gasteiger partial charge in [-0.2, -0.15) is 0 Å². The Labute approximate surface area is 173 Å². The molecule has 2 aromatic rings. The topological polar surface area (TPSA) is 64.6 Å². The maximum Gasteiger partial charge on any atom is 0.408 e. The van der Waals surface area contributed by atoms with E-state index in [1.54, 1.807) is 7.11 Å². The van der Waals surface area contributed by atoms with Crippen molar-refractivity contribution in [2.75, 3.05) is 7.11 Å². The number of hydrogen-bond donors (Lipinski definition) is 1. The monoisotopic (exact) mass is 397 g/mol. The average molecular weight is 398 g/mol. The number of methoxy groups -OCH3 is 1. The Bertz CT molecular complexity index is 794. The molecule has 2 aromatic carbocycles. The number of amides is 1. The van der Waals surface area contributed by atoms with E-state index >= 15 is 0 Å². The minimum Gasteiger partial charge on any atom is -0.497 e. The van der Waals surface area contributed by atoms with Crippen LogP contribution in [0, 0.1) is 5.92 Å². The van der Waals surface area contributed by atoms with Crippen LogP contribution in [0.15, 0.2) is 54.6 Å². The first-order chi connectivity index (χ1) is 13.7. The third-order valence-electron chi connectivity index (χ3n) is 4.66. The number of carbonyl (C=O) groups excluding carboxylic acids is 2. The van der Waals surface area contributed by atoms with Crippen LogP contribution < -0.4 is 10.1 Å². The summed E-state index contributed by atoms with van der Waals surface area (Å²) in [6.45, 7) is 7.29. The smallest absolute Gasteiger partial charge is 0.408 e. The SMILES string of the molecule is COc1ccc(CCC(=O)[C@H](C)[C@@H](NC(=O)OC(C)(C)C)c2ccccc2)cc1. The Hall–Kier alpha value is -2.82. The number of Topliss-reactive ketones (excluding diaryl/α,β-unsaturated/α-hetero) is 1. The maximum atomic E-state index is 12.9. The van der Waals surface area contributed by atoms with Crippen molar-refractivity contribution in [1.82, 2.24) is 5.32 Å². The summed E-state index contributed by atoms with van der Waals surface area (Å²) in [7, 11) is 1.63. The summed E-state index contributed by atoms with van der Waals surface area (Å²) in [6, 6.07) is 16.8. The quantitative estimate of drug-likeness (QED) is 0.673. The molecule has 29 heavy (non-hydrogen) atoms. The Morgan fingerprint density at radius 3 is 2.17 bits per heavy atom. The molecule has 0 aliphatic heterocycles. The molecule has 0 bridgehead atoms. The van der Waals surface area contributed by atoms with Gasteiger partial charge in [0.2, 0.25) is 0 Å². The van der Waals surface area contributed by atoms with E-state index in [4.69, 9.17) is 9.47 Å². The molecule has 0 saturated carbocycles. The lowest BCUT2D eigenvalue weighted by Crippen LogP contribution is -2.39. The highest BCUT2D eigenvalue weighted by molar-refractivity contribution is 5.82. The molecule has 5 nitrogen and oxygen atoms in total. The second-order valence-electron chi connectivity index (χ2n) is 8.14. The summed E-state index contributed by atoms with van der Waals surface area (Å²) in [5, 5.41) is 2.89. The summed E-state index contributed by atoms with van der Waals surface area (Å²) in [6.07, 6.45) is 0.509. The van der Waals surface area contributed by atoms with Gasteiger partial charge in [0.05, 0.1) is 13.2 Å². The van der Waals surface area contributed by atoms with Crippen molar-refractivity contribution in [3.05, 3.63) is 65.7 Å². The van der Waals surface area contributed by atoms with Gasteiger partial charge in [-0.25, -0.2) is 4.79 Å². The summed E-state index contributed by atoms with van der Waals surface area (Å²) < 4.78 is 10.6. The Morgan fingerprint density at radius 2 is 1.62 bits per heavy atom. The van der Waals surface area contributed by atoms with Gasteiger partial charge < -0.3 is 14.8 Å². The van der Waals surface area contributed by atoms with Gasteiger partial charge >= 0.3 is 6.09 Å². The lowest BCUT2D eigenvalue weighted by molar-refractivity contribution is -0.123. The number of ether oxygens (including phenoxy) is 2. The van der Waals surface area contributed by atoms with Crippen LogP contribution in [0.4, 0.5) is 4.79 Å². The maximum absolute atomic E-state index is 12.9. The summed E-state index contributed by atoms with van der Waals surface area (Å²) in [5.74, 6) is 0.494.